The van der Waals surface area contributed by atoms with Gasteiger partial charge in [0, 0.05) is 18.7 Å². The van der Waals surface area contributed by atoms with E-state index in [1.165, 1.54) is 0 Å². The van der Waals surface area contributed by atoms with Gasteiger partial charge in [-0.3, -0.25) is 0 Å². The van der Waals surface area contributed by atoms with Crippen LogP contribution in [0.3, 0.4) is 0 Å². The van der Waals surface area contributed by atoms with Crippen LogP contribution in [0, 0.1) is 23.3 Å². The summed E-state index contributed by atoms with van der Waals surface area (Å²) in [7, 11) is 1.00. The zero-order chi connectivity index (χ0) is 11.3. The molecule has 0 aliphatic heterocycles. The molecule has 1 rings (SSSR count). The van der Waals surface area contributed by atoms with Gasteiger partial charge in [0.25, 0.3) is 0 Å². The zero-order valence-corrected chi connectivity index (χ0v) is 7.88. The number of aliphatic hydroxyl groups is 1. The Kier molecular flexibility index (Phi) is 5.49. The van der Waals surface area contributed by atoms with E-state index in [0.717, 1.165) is 7.11 Å². The molecule has 0 amide bonds. The second-order valence-corrected chi connectivity index (χ2v) is 2.35. The molecule has 80 valence electrons. The second-order valence-electron chi connectivity index (χ2n) is 2.08. The Balaban J connectivity index is 0.000000791. The maximum atomic E-state index is 12.6. The van der Waals surface area contributed by atoms with Gasteiger partial charge < -0.3 is 5.11 Å². The van der Waals surface area contributed by atoms with Gasteiger partial charge in [0.1, 0.15) is 5.82 Å². The summed E-state index contributed by atoms with van der Waals surface area (Å²) < 4.78 is 49.8. The minimum Gasteiger partial charge on any atom is -0.400 e. The number of hydrogen-bond acceptors (Lipinski definition) is 1. The number of rotatable bonds is 1. The van der Waals surface area contributed by atoms with Crippen LogP contribution in [-0.4, -0.2) is 12.2 Å². The average molecular weight is 231 g/mol. The molecule has 0 aliphatic rings. The van der Waals surface area contributed by atoms with Gasteiger partial charge in [-0.1, -0.05) is 0 Å². The van der Waals surface area contributed by atoms with E-state index in [4.69, 9.17) is 16.7 Å². The molecular weight excluding hydrogens is 224 g/mol. The van der Waals surface area contributed by atoms with Crippen molar-refractivity contribution in [3.63, 3.8) is 0 Å². The first-order chi connectivity index (χ1) is 6.57. The van der Waals surface area contributed by atoms with E-state index in [-0.39, 0.29) is 6.07 Å². The van der Waals surface area contributed by atoms with Gasteiger partial charge >= 0.3 is 0 Å². The van der Waals surface area contributed by atoms with Gasteiger partial charge in [-0.15, -0.1) is 11.6 Å². The van der Waals surface area contributed by atoms with Crippen LogP contribution in [0.25, 0.3) is 0 Å². The van der Waals surface area contributed by atoms with Crippen molar-refractivity contribution in [2.45, 2.75) is 5.88 Å². The van der Waals surface area contributed by atoms with Crippen molar-refractivity contribution in [2.75, 3.05) is 7.11 Å². The van der Waals surface area contributed by atoms with Gasteiger partial charge in [0.2, 0.25) is 0 Å². The van der Waals surface area contributed by atoms with Crippen LogP contribution < -0.4 is 0 Å². The van der Waals surface area contributed by atoms with Crippen molar-refractivity contribution in [2.24, 2.45) is 0 Å². The van der Waals surface area contributed by atoms with Gasteiger partial charge in [0.05, 0.1) is 5.88 Å². The molecule has 0 spiro atoms. The summed E-state index contributed by atoms with van der Waals surface area (Å²) in [5.41, 5.74) is -0.657. The molecule has 0 fully saturated rings. The standard InChI is InChI=1S/C7H3ClF4.CH4O/c8-2-3-4(9)1-5(10)7(12)6(3)11;1-2/h1H,2H2;2H,1H3. The lowest BCUT2D eigenvalue weighted by Gasteiger charge is -2.01. The Morgan fingerprint density at radius 1 is 1.07 bits per heavy atom. The minimum atomic E-state index is -1.70. The first kappa shape index (κ1) is 13.2. The predicted octanol–water partition coefficient (Wildman–Crippen LogP) is 2.59. The summed E-state index contributed by atoms with van der Waals surface area (Å²) in [6, 6.07) is 0.260. The molecular formula is C8H7ClF4O. The third-order valence-electron chi connectivity index (χ3n) is 1.34. The van der Waals surface area contributed by atoms with Crippen LogP contribution in [-0.2, 0) is 5.88 Å². The van der Waals surface area contributed by atoms with Crippen LogP contribution in [0.5, 0.6) is 0 Å². The molecule has 1 aromatic rings. The van der Waals surface area contributed by atoms with Crippen molar-refractivity contribution < 1.29 is 22.7 Å². The maximum Gasteiger partial charge on any atom is 0.194 e. The van der Waals surface area contributed by atoms with Gasteiger partial charge in [-0.25, -0.2) is 17.6 Å². The fourth-order valence-corrected chi connectivity index (χ4v) is 0.971. The molecule has 1 aromatic carbocycles. The molecule has 0 radical (unpaired) electrons. The van der Waals surface area contributed by atoms with Gasteiger partial charge in [-0.2, -0.15) is 0 Å². The molecule has 0 heterocycles. The van der Waals surface area contributed by atoms with Crippen LogP contribution in [0.2, 0.25) is 0 Å². The second kappa shape index (κ2) is 5.82. The first-order valence-electron chi connectivity index (χ1n) is 3.40. The molecule has 14 heavy (non-hydrogen) atoms. The third kappa shape index (κ3) is 2.59. The molecule has 0 aromatic heterocycles. The molecule has 0 unspecified atom stereocenters. The lowest BCUT2D eigenvalue weighted by molar-refractivity contribution is 0.399. The maximum absolute atomic E-state index is 12.6. The number of halogens is 5. The number of aliphatic hydroxyl groups excluding tert-OH is 1. The third-order valence-corrected chi connectivity index (χ3v) is 1.61. The summed E-state index contributed by atoms with van der Waals surface area (Å²) in [5, 5.41) is 7.00. The quantitative estimate of drug-likeness (QED) is 0.340. The van der Waals surface area contributed by atoms with Crippen LogP contribution >= 0.6 is 11.6 Å². The van der Waals surface area contributed by atoms with E-state index in [2.05, 4.69) is 0 Å². The molecule has 0 aliphatic carbocycles. The highest BCUT2D eigenvalue weighted by Gasteiger charge is 2.17. The largest absolute Gasteiger partial charge is 0.400 e. The van der Waals surface area contributed by atoms with E-state index in [1.807, 2.05) is 0 Å². The molecule has 0 atom stereocenters. The molecule has 1 nitrogen and oxygen atoms in total. The van der Waals surface area contributed by atoms with Crippen LogP contribution in [0.1, 0.15) is 5.56 Å². The lowest BCUT2D eigenvalue weighted by atomic mass is 10.2. The summed E-state index contributed by atoms with van der Waals surface area (Å²) in [4.78, 5) is 0. The van der Waals surface area contributed by atoms with E-state index in [0.29, 0.717) is 0 Å². The smallest absolute Gasteiger partial charge is 0.194 e. The highest BCUT2D eigenvalue weighted by Crippen LogP contribution is 2.20. The number of hydrogen-bond donors (Lipinski definition) is 1. The molecule has 0 bridgehead atoms. The predicted molar refractivity (Wildman–Crippen MR) is 44.0 cm³/mol. The molecule has 0 saturated carbocycles. The molecule has 6 heteroatoms. The van der Waals surface area contributed by atoms with Gasteiger partial charge in [-0.05, 0) is 0 Å². The van der Waals surface area contributed by atoms with E-state index >= 15 is 0 Å². The summed E-state index contributed by atoms with van der Waals surface area (Å²) in [6.45, 7) is 0. The topological polar surface area (TPSA) is 20.2 Å². The highest BCUT2D eigenvalue weighted by molar-refractivity contribution is 6.17. The van der Waals surface area contributed by atoms with E-state index in [1.54, 1.807) is 0 Å². The zero-order valence-electron chi connectivity index (χ0n) is 7.12. The monoisotopic (exact) mass is 230 g/mol. The van der Waals surface area contributed by atoms with Crippen molar-refractivity contribution in [3.05, 3.63) is 34.9 Å². The Morgan fingerprint density at radius 2 is 1.57 bits per heavy atom. The SMILES string of the molecule is CO.Fc1cc(F)c(CCl)c(F)c1F. The fourth-order valence-electron chi connectivity index (χ4n) is 0.726. The van der Waals surface area contributed by atoms with E-state index < -0.39 is 34.7 Å². The summed E-state index contributed by atoms with van der Waals surface area (Å²) in [6.07, 6.45) is 0. The number of alkyl halides is 1. The first-order valence-corrected chi connectivity index (χ1v) is 3.94. The van der Waals surface area contributed by atoms with Crippen molar-refractivity contribution in [1.29, 1.82) is 0 Å². The van der Waals surface area contributed by atoms with Gasteiger partial charge in [0.15, 0.2) is 17.5 Å². The highest BCUT2D eigenvalue weighted by atomic mass is 35.5. The van der Waals surface area contributed by atoms with Crippen molar-refractivity contribution in [3.8, 4) is 0 Å². The molecule has 0 saturated heterocycles. The Labute approximate surface area is 82.9 Å². The van der Waals surface area contributed by atoms with Crippen LogP contribution in [0.4, 0.5) is 17.6 Å². The fraction of sp³-hybridized carbons (Fsp3) is 0.250. The normalized spacial score (nSPS) is 9.36. The van der Waals surface area contributed by atoms with Crippen molar-refractivity contribution in [1.82, 2.24) is 0 Å². The minimum absolute atomic E-state index is 0.260. The Hall–Kier alpha value is -0.810. The molecule has 1 N–H and O–H groups in total. The Bertz CT molecular complexity index is 317. The van der Waals surface area contributed by atoms with E-state index in [9.17, 15) is 17.6 Å². The average Bonchev–Trinajstić information content (AvgIpc) is 2.18. The lowest BCUT2D eigenvalue weighted by Crippen LogP contribution is -1.99. The van der Waals surface area contributed by atoms with Crippen LogP contribution in [0.15, 0.2) is 6.07 Å². The number of benzene rings is 1. The Morgan fingerprint density at radius 3 is 2.00 bits per heavy atom. The van der Waals surface area contributed by atoms with Crippen molar-refractivity contribution >= 4 is 11.6 Å². The summed E-state index contributed by atoms with van der Waals surface area (Å²) >= 11 is 5.09. The summed E-state index contributed by atoms with van der Waals surface area (Å²) in [5.74, 6) is -6.54.